The largest absolute Gasteiger partial charge is 0.337 e. The summed E-state index contributed by atoms with van der Waals surface area (Å²) in [5, 5.41) is 7.17. The molecule has 0 radical (unpaired) electrons. The predicted molar refractivity (Wildman–Crippen MR) is 76.8 cm³/mol. The molecule has 1 aromatic rings. The molecule has 7 heteroatoms. The first-order valence-corrected chi connectivity index (χ1v) is 7.59. The van der Waals surface area contributed by atoms with E-state index in [0.29, 0.717) is 17.9 Å². The molecule has 1 aromatic heterocycles. The van der Waals surface area contributed by atoms with Crippen LogP contribution in [0.5, 0.6) is 0 Å². The van der Waals surface area contributed by atoms with Crippen molar-refractivity contribution in [2.75, 3.05) is 33.7 Å². The van der Waals surface area contributed by atoms with Crippen molar-refractivity contribution in [1.29, 1.82) is 0 Å². The molecule has 2 aliphatic heterocycles. The Morgan fingerprint density at radius 3 is 2.86 bits per heavy atom. The highest BCUT2D eigenvalue weighted by Gasteiger charge is 2.36. The van der Waals surface area contributed by atoms with Crippen LogP contribution in [0.4, 0.5) is 0 Å². The number of likely N-dealkylation sites (tertiary alicyclic amines) is 1. The smallest absolute Gasteiger partial charge is 0.295 e. The monoisotopic (exact) mass is 293 g/mol. The molecule has 1 amide bonds. The van der Waals surface area contributed by atoms with Gasteiger partial charge in [0, 0.05) is 19.1 Å². The third-order valence-electron chi connectivity index (χ3n) is 4.51. The summed E-state index contributed by atoms with van der Waals surface area (Å²) in [4.78, 5) is 20.8. The van der Waals surface area contributed by atoms with Crippen molar-refractivity contribution in [1.82, 2.24) is 25.3 Å². The summed E-state index contributed by atoms with van der Waals surface area (Å²) in [5.74, 6) is 1.04. The van der Waals surface area contributed by atoms with Crippen LogP contribution in [0.1, 0.15) is 42.3 Å². The highest BCUT2D eigenvalue weighted by Crippen LogP contribution is 2.23. The van der Waals surface area contributed by atoms with Crippen LogP contribution in [-0.2, 0) is 0 Å². The van der Waals surface area contributed by atoms with Gasteiger partial charge in [0.25, 0.3) is 11.7 Å². The first kappa shape index (κ1) is 14.5. The quantitative estimate of drug-likeness (QED) is 0.875. The van der Waals surface area contributed by atoms with Crippen LogP contribution < -0.4 is 5.32 Å². The van der Waals surface area contributed by atoms with Crippen LogP contribution >= 0.6 is 0 Å². The Hall–Kier alpha value is -1.47. The number of nitrogens with one attached hydrogen (secondary N) is 1. The number of hydrogen-bond donors (Lipinski definition) is 1. The van der Waals surface area contributed by atoms with Crippen LogP contribution in [0, 0.1) is 5.92 Å². The maximum absolute atomic E-state index is 12.5. The van der Waals surface area contributed by atoms with Crippen LogP contribution in [-0.4, -0.2) is 65.6 Å². The maximum atomic E-state index is 12.5. The second-order valence-electron chi connectivity index (χ2n) is 6.32. The van der Waals surface area contributed by atoms with Crippen LogP contribution in [0.2, 0.25) is 0 Å². The van der Waals surface area contributed by atoms with Gasteiger partial charge >= 0.3 is 0 Å². The summed E-state index contributed by atoms with van der Waals surface area (Å²) in [6.07, 6.45) is 2.09. The van der Waals surface area contributed by atoms with E-state index in [2.05, 4.69) is 27.3 Å². The van der Waals surface area contributed by atoms with Crippen molar-refractivity contribution in [2.45, 2.75) is 31.8 Å². The number of carbonyl (C=O) groups excluding carboxylic acids is 1. The molecule has 1 N–H and O–H groups in total. The number of aromatic nitrogens is 2. The molecule has 2 saturated heterocycles. The number of likely N-dealkylation sites (N-methyl/N-ethyl adjacent to an activating group) is 1. The molecular formula is C14H23N5O2. The average molecular weight is 293 g/mol. The van der Waals surface area contributed by atoms with Crippen molar-refractivity contribution in [3.8, 4) is 0 Å². The molecule has 0 bridgehead atoms. The fourth-order valence-corrected chi connectivity index (χ4v) is 3.29. The van der Waals surface area contributed by atoms with Crippen molar-refractivity contribution in [2.24, 2.45) is 5.92 Å². The molecule has 116 valence electrons. The minimum Gasteiger partial charge on any atom is -0.337 e. The molecule has 0 spiro atoms. The zero-order valence-corrected chi connectivity index (χ0v) is 12.9. The summed E-state index contributed by atoms with van der Waals surface area (Å²) >= 11 is 0. The van der Waals surface area contributed by atoms with Crippen molar-refractivity contribution < 1.29 is 9.32 Å². The first-order valence-electron chi connectivity index (χ1n) is 7.59. The van der Waals surface area contributed by atoms with Gasteiger partial charge in [-0.15, -0.1) is 0 Å². The second-order valence-corrected chi connectivity index (χ2v) is 6.32. The van der Waals surface area contributed by atoms with Gasteiger partial charge in [-0.25, -0.2) is 0 Å². The van der Waals surface area contributed by atoms with E-state index >= 15 is 0 Å². The second kappa shape index (κ2) is 5.73. The van der Waals surface area contributed by atoms with Gasteiger partial charge in [0.1, 0.15) is 0 Å². The average Bonchev–Trinajstić information content (AvgIpc) is 3.17. The zero-order valence-electron chi connectivity index (χ0n) is 12.9. The summed E-state index contributed by atoms with van der Waals surface area (Å²) in [5.41, 5.74) is 0. The fraction of sp³-hybridized carbons (Fsp3) is 0.786. The van der Waals surface area contributed by atoms with E-state index in [4.69, 9.17) is 4.52 Å². The number of rotatable bonds is 3. The molecular weight excluding hydrogens is 270 g/mol. The molecule has 2 fully saturated rings. The van der Waals surface area contributed by atoms with E-state index in [-0.39, 0.29) is 17.8 Å². The van der Waals surface area contributed by atoms with E-state index < -0.39 is 0 Å². The van der Waals surface area contributed by atoms with E-state index in [1.165, 1.54) is 0 Å². The van der Waals surface area contributed by atoms with Crippen LogP contribution in [0.15, 0.2) is 4.52 Å². The lowest BCUT2D eigenvalue weighted by Crippen LogP contribution is -2.36. The third-order valence-corrected chi connectivity index (χ3v) is 4.51. The lowest BCUT2D eigenvalue weighted by atomic mass is 10.1. The van der Waals surface area contributed by atoms with E-state index in [9.17, 15) is 4.79 Å². The highest BCUT2D eigenvalue weighted by atomic mass is 16.5. The molecule has 2 aliphatic rings. The van der Waals surface area contributed by atoms with Crippen molar-refractivity contribution in [3.05, 3.63) is 11.7 Å². The molecule has 0 aliphatic carbocycles. The van der Waals surface area contributed by atoms with Crippen molar-refractivity contribution >= 4 is 5.91 Å². The first-order chi connectivity index (χ1) is 10.1. The summed E-state index contributed by atoms with van der Waals surface area (Å²) < 4.78 is 5.25. The molecule has 21 heavy (non-hydrogen) atoms. The molecule has 3 rings (SSSR count). The lowest BCUT2D eigenvalue weighted by Gasteiger charge is -2.22. The summed E-state index contributed by atoms with van der Waals surface area (Å²) in [6.45, 7) is 4.60. The molecule has 0 aromatic carbocycles. The minimum absolute atomic E-state index is 0.103. The SMILES string of the molecule is CC1CN(C(=O)c2noc(C3CCCN3)n2)CC1N(C)C. The summed E-state index contributed by atoms with van der Waals surface area (Å²) in [6, 6.07) is 0.489. The molecule has 3 unspecified atom stereocenters. The Morgan fingerprint density at radius 1 is 1.43 bits per heavy atom. The Morgan fingerprint density at radius 2 is 2.24 bits per heavy atom. The fourth-order valence-electron chi connectivity index (χ4n) is 3.29. The standard InChI is InChI=1S/C14H23N5O2/c1-9-7-19(8-11(9)18(2)3)14(20)12-16-13(21-17-12)10-5-4-6-15-10/h9-11,15H,4-8H2,1-3H3. The molecule has 7 nitrogen and oxygen atoms in total. The van der Waals surface area contributed by atoms with Gasteiger partial charge in [-0.3, -0.25) is 4.79 Å². The normalized spacial score (nSPS) is 29.5. The van der Waals surface area contributed by atoms with Gasteiger partial charge in [0.2, 0.25) is 5.89 Å². The third kappa shape index (κ3) is 2.80. The Balaban J connectivity index is 1.68. The zero-order chi connectivity index (χ0) is 15.0. The Kier molecular flexibility index (Phi) is 3.95. The Bertz CT molecular complexity index is 509. The minimum atomic E-state index is -0.126. The summed E-state index contributed by atoms with van der Waals surface area (Å²) in [7, 11) is 4.10. The number of nitrogens with zero attached hydrogens (tertiary/aromatic N) is 4. The lowest BCUT2D eigenvalue weighted by molar-refractivity contribution is 0.0766. The van der Waals surface area contributed by atoms with Gasteiger partial charge in [0.15, 0.2) is 0 Å². The van der Waals surface area contributed by atoms with E-state index in [1.54, 1.807) is 0 Å². The van der Waals surface area contributed by atoms with Crippen LogP contribution in [0.3, 0.4) is 0 Å². The molecule has 0 saturated carbocycles. The predicted octanol–water partition coefficient (Wildman–Crippen LogP) is 0.516. The van der Waals surface area contributed by atoms with E-state index in [1.807, 2.05) is 19.0 Å². The van der Waals surface area contributed by atoms with Gasteiger partial charge in [0.05, 0.1) is 6.04 Å². The van der Waals surface area contributed by atoms with Gasteiger partial charge in [-0.1, -0.05) is 12.1 Å². The number of carbonyl (C=O) groups is 1. The van der Waals surface area contributed by atoms with Gasteiger partial charge in [-0.2, -0.15) is 4.98 Å². The maximum Gasteiger partial charge on any atom is 0.295 e. The number of amides is 1. The van der Waals surface area contributed by atoms with E-state index in [0.717, 1.165) is 32.5 Å². The van der Waals surface area contributed by atoms with Crippen molar-refractivity contribution in [3.63, 3.8) is 0 Å². The number of hydrogen-bond acceptors (Lipinski definition) is 6. The Labute approximate surface area is 124 Å². The topological polar surface area (TPSA) is 74.5 Å². The van der Waals surface area contributed by atoms with Crippen LogP contribution in [0.25, 0.3) is 0 Å². The molecule has 3 heterocycles. The highest BCUT2D eigenvalue weighted by molar-refractivity contribution is 5.90. The van der Waals surface area contributed by atoms with Gasteiger partial charge in [-0.05, 0) is 39.4 Å². The van der Waals surface area contributed by atoms with Gasteiger partial charge < -0.3 is 19.6 Å². The molecule has 3 atom stereocenters.